The number of rotatable bonds is 4. The summed E-state index contributed by atoms with van der Waals surface area (Å²) in [6.45, 7) is 1.45. The molecule has 2 aromatic heterocycles. The molecular weight excluding hydrogens is 364 g/mol. The second-order valence-corrected chi connectivity index (χ2v) is 7.44. The summed E-state index contributed by atoms with van der Waals surface area (Å²) in [5.41, 5.74) is 3.09. The van der Waals surface area contributed by atoms with Crippen molar-refractivity contribution in [2.24, 2.45) is 0 Å². The topological polar surface area (TPSA) is 102 Å². The highest BCUT2D eigenvalue weighted by Crippen LogP contribution is 2.36. The molecule has 0 radical (unpaired) electrons. The Hall–Kier alpha value is -3.07. The number of thiophene rings is 1. The van der Waals surface area contributed by atoms with Gasteiger partial charge >= 0.3 is 0 Å². The van der Waals surface area contributed by atoms with Crippen LogP contribution >= 0.6 is 11.3 Å². The van der Waals surface area contributed by atoms with Crippen LogP contribution in [0.1, 0.15) is 40.6 Å². The van der Waals surface area contributed by atoms with E-state index in [1.807, 2.05) is 0 Å². The third-order valence-corrected chi connectivity index (χ3v) is 5.68. The lowest BCUT2D eigenvalue weighted by molar-refractivity contribution is -0.114. The van der Waals surface area contributed by atoms with Crippen molar-refractivity contribution in [1.82, 2.24) is 20.2 Å². The second-order valence-electron chi connectivity index (χ2n) is 6.36. The molecule has 4 rings (SSSR count). The molecule has 0 aliphatic heterocycles. The van der Waals surface area contributed by atoms with E-state index in [0.717, 1.165) is 36.2 Å². The van der Waals surface area contributed by atoms with Gasteiger partial charge in [0, 0.05) is 23.2 Å². The molecule has 2 N–H and O–H groups in total. The minimum Gasteiger partial charge on any atom is -0.326 e. The Morgan fingerprint density at radius 1 is 1.07 bits per heavy atom. The smallest absolute Gasteiger partial charge is 0.259 e. The molecule has 1 aliphatic carbocycles. The van der Waals surface area contributed by atoms with E-state index in [0.29, 0.717) is 16.9 Å². The summed E-state index contributed by atoms with van der Waals surface area (Å²) in [7, 11) is 0. The molecule has 2 amide bonds. The van der Waals surface area contributed by atoms with Crippen LogP contribution in [0.15, 0.2) is 30.6 Å². The number of benzene rings is 1. The summed E-state index contributed by atoms with van der Waals surface area (Å²) in [6, 6.07) is 7.03. The molecule has 0 bridgehead atoms. The normalized spacial score (nSPS) is 13.1. The standard InChI is InChI=1S/C18H18N6O2S/c1-11(25)20-12-6-8-13(9-7-12)21-17(26)16-14-4-2-3-5-15(14)27-18(16)24-10-19-22-23-24/h6-10H,2-5H2,1H3,(H,20,25)(H,21,26). The molecule has 138 valence electrons. The van der Waals surface area contributed by atoms with Crippen LogP contribution < -0.4 is 10.6 Å². The third kappa shape index (κ3) is 3.59. The summed E-state index contributed by atoms with van der Waals surface area (Å²) in [5, 5.41) is 17.8. The predicted molar refractivity (Wildman–Crippen MR) is 102 cm³/mol. The maximum absolute atomic E-state index is 13.1. The number of tetrazole rings is 1. The monoisotopic (exact) mass is 382 g/mol. The fraction of sp³-hybridized carbons (Fsp3) is 0.278. The van der Waals surface area contributed by atoms with Crippen molar-refractivity contribution in [1.29, 1.82) is 0 Å². The number of amides is 2. The molecule has 3 aromatic rings. The van der Waals surface area contributed by atoms with Crippen LogP contribution in [-0.4, -0.2) is 32.0 Å². The zero-order valence-corrected chi connectivity index (χ0v) is 15.5. The average molecular weight is 382 g/mol. The van der Waals surface area contributed by atoms with Crippen molar-refractivity contribution in [2.75, 3.05) is 10.6 Å². The van der Waals surface area contributed by atoms with Gasteiger partial charge in [-0.3, -0.25) is 9.59 Å². The summed E-state index contributed by atoms with van der Waals surface area (Å²) in [5.74, 6) is -0.310. The lowest BCUT2D eigenvalue weighted by atomic mass is 9.95. The number of hydrogen-bond donors (Lipinski definition) is 2. The van der Waals surface area contributed by atoms with Gasteiger partial charge in [0.05, 0.1) is 5.56 Å². The van der Waals surface area contributed by atoms with E-state index in [4.69, 9.17) is 0 Å². The number of carbonyl (C=O) groups excluding carboxylic acids is 2. The highest BCUT2D eigenvalue weighted by Gasteiger charge is 2.27. The lowest BCUT2D eigenvalue weighted by Crippen LogP contribution is -2.17. The first-order valence-electron chi connectivity index (χ1n) is 8.68. The number of hydrogen-bond acceptors (Lipinski definition) is 6. The average Bonchev–Trinajstić information content (AvgIpc) is 3.30. The van der Waals surface area contributed by atoms with Crippen LogP contribution in [0.2, 0.25) is 0 Å². The van der Waals surface area contributed by atoms with E-state index in [-0.39, 0.29) is 11.8 Å². The number of nitrogens with one attached hydrogen (secondary N) is 2. The summed E-state index contributed by atoms with van der Waals surface area (Å²) in [6.07, 6.45) is 5.58. The van der Waals surface area contributed by atoms with E-state index in [1.54, 1.807) is 40.3 Å². The fourth-order valence-corrected chi connectivity index (χ4v) is 4.54. The largest absolute Gasteiger partial charge is 0.326 e. The van der Waals surface area contributed by atoms with Crippen molar-refractivity contribution in [3.8, 4) is 5.00 Å². The highest BCUT2D eigenvalue weighted by atomic mass is 32.1. The SMILES string of the molecule is CC(=O)Nc1ccc(NC(=O)c2c(-n3cnnn3)sc3c2CCCC3)cc1. The van der Waals surface area contributed by atoms with Crippen LogP contribution in [0.4, 0.5) is 11.4 Å². The minimum absolute atomic E-state index is 0.136. The van der Waals surface area contributed by atoms with Crippen LogP contribution in [0, 0.1) is 0 Å². The summed E-state index contributed by atoms with van der Waals surface area (Å²) >= 11 is 1.58. The first kappa shape index (κ1) is 17.3. The highest BCUT2D eigenvalue weighted by molar-refractivity contribution is 7.15. The molecule has 1 aromatic carbocycles. The van der Waals surface area contributed by atoms with Crippen molar-refractivity contribution in [3.05, 3.63) is 46.6 Å². The van der Waals surface area contributed by atoms with Crippen molar-refractivity contribution >= 4 is 34.5 Å². The molecule has 0 unspecified atom stereocenters. The predicted octanol–water partition coefficient (Wildman–Crippen LogP) is 2.81. The van der Waals surface area contributed by atoms with Crippen LogP contribution in [0.25, 0.3) is 5.00 Å². The lowest BCUT2D eigenvalue weighted by Gasteiger charge is -2.13. The Morgan fingerprint density at radius 3 is 2.44 bits per heavy atom. The van der Waals surface area contributed by atoms with Gasteiger partial charge in [-0.1, -0.05) is 0 Å². The molecule has 27 heavy (non-hydrogen) atoms. The van der Waals surface area contributed by atoms with E-state index < -0.39 is 0 Å². The van der Waals surface area contributed by atoms with Crippen LogP contribution in [0.3, 0.4) is 0 Å². The zero-order chi connectivity index (χ0) is 18.8. The molecule has 0 saturated heterocycles. The molecule has 1 aliphatic rings. The quantitative estimate of drug-likeness (QED) is 0.722. The number of aromatic nitrogens is 4. The summed E-state index contributed by atoms with van der Waals surface area (Å²) < 4.78 is 1.55. The molecule has 0 spiro atoms. The van der Waals surface area contributed by atoms with Gasteiger partial charge < -0.3 is 10.6 Å². The Balaban J connectivity index is 1.63. The maximum Gasteiger partial charge on any atom is 0.259 e. The minimum atomic E-state index is -0.174. The molecular formula is C18H18N6O2S. The van der Waals surface area contributed by atoms with Gasteiger partial charge in [0.15, 0.2) is 0 Å². The van der Waals surface area contributed by atoms with Crippen molar-refractivity contribution < 1.29 is 9.59 Å². The summed E-state index contributed by atoms with van der Waals surface area (Å²) in [4.78, 5) is 25.4. The maximum atomic E-state index is 13.1. The number of anilines is 2. The van der Waals surface area contributed by atoms with Gasteiger partial charge in [0.2, 0.25) is 5.91 Å². The second kappa shape index (κ2) is 7.28. The van der Waals surface area contributed by atoms with E-state index >= 15 is 0 Å². The Bertz CT molecular complexity index is 978. The molecule has 9 heteroatoms. The molecule has 0 fully saturated rings. The number of carbonyl (C=O) groups is 2. The number of aryl methyl sites for hydroxylation is 1. The Labute approximate surface area is 159 Å². The van der Waals surface area contributed by atoms with E-state index in [1.165, 1.54) is 18.1 Å². The fourth-order valence-electron chi connectivity index (χ4n) is 3.24. The van der Waals surface area contributed by atoms with Crippen LogP contribution in [-0.2, 0) is 17.6 Å². The zero-order valence-electron chi connectivity index (χ0n) is 14.7. The van der Waals surface area contributed by atoms with E-state index in [2.05, 4.69) is 26.2 Å². The number of nitrogens with zero attached hydrogens (tertiary/aromatic N) is 4. The van der Waals surface area contributed by atoms with Gasteiger partial charge in [0.1, 0.15) is 11.3 Å². The van der Waals surface area contributed by atoms with E-state index in [9.17, 15) is 9.59 Å². The van der Waals surface area contributed by atoms with Crippen molar-refractivity contribution in [3.63, 3.8) is 0 Å². The first-order valence-corrected chi connectivity index (χ1v) is 9.50. The van der Waals surface area contributed by atoms with Gasteiger partial charge in [0.25, 0.3) is 5.91 Å². The van der Waals surface area contributed by atoms with Gasteiger partial charge in [-0.05, 0) is 65.9 Å². The van der Waals surface area contributed by atoms with Crippen LogP contribution in [0.5, 0.6) is 0 Å². The Morgan fingerprint density at radius 2 is 1.78 bits per heavy atom. The van der Waals surface area contributed by atoms with Gasteiger partial charge in [-0.15, -0.1) is 16.4 Å². The molecule has 0 atom stereocenters. The van der Waals surface area contributed by atoms with Crippen molar-refractivity contribution in [2.45, 2.75) is 32.6 Å². The molecule has 8 nitrogen and oxygen atoms in total. The third-order valence-electron chi connectivity index (χ3n) is 4.40. The first-order chi connectivity index (χ1) is 13.1. The molecule has 0 saturated carbocycles. The number of fused-ring (bicyclic) bond motifs is 1. The molecule has 2 heterocycles. The van der Waals surface area contributed by atoms with Gasteiger partial charge in [-0.25, -0.2) is 0 Å². The Kier molecular flexibility index (Phi) is 4.68. The van der Waals surface area contributed by atoms with Gasteiger partial charge in [-0.2, -0.15) is 4.68 Å².